The van der Waals surface area contributed by atoms with Crippen molar-refractivity contribution in [1.29, 1.82) is 0 Å². The first-order valence-corrected chi connectivity index (χ1v) is 6.84. The molecular formula is C13H22N2O5. The third kappa shape index (κ3) is 4.40. The number of carbonyl (C=O) groups excluding carboxylic acids is 2. The number of carboxylic acid groups (broad SMARTS) is 1. The maximum atomic E-state index is 11.7. The zero-order valence-corrected chi connectivity index (χ0v) is 11.9. The van der Waals surface area contributed by atoms with Gasteiger partial charge in [0, 0.05) is 0 Å². The molecule has 0 aliphatic heterocycles. The van der Waals surface area contributed by atoms with E-state index in [1.807, 2.05) is 0 Å². The molecule has 20 heavy (non-hydrogen) atoms. The highest BCUT2D eigenvalue weighted by atomic mass is 16.5. The van der Waals surface area contributed by atoms with Crippen LogP contribution in [-0.2, 0) is 14.3 Å². The fourth-order valence-electron chi connectivity index (χ4n) is 2.27. The molecule has 0 aromatic heterocycles. The number of nitrogens with one attached hydrogen (secondary N) is 2. The fraction of sp³-hybridized carbons (Fsp3) is 0.769. The van der Waals surface area contributed by atoms with Crippen LogP contribution in [-0.4, -0.2) is 41.8 Å². The Hall–Kier alpha value is -1.79. The molecule has 7 nitrogen and oxygen atoms in total. The van der Waals surface area contributed by atoms with Gasteiger partial charge in [0.25, 0.3) is 0 Å². The summed E-state index contributed by atoms with van der Waals surface area (Å²) in [5.41, 5.74) is -1.23. The van der Waals surface area contributed by atoms with Crippen molar-refractivity contribution in [2.75, 3.05) is 13.2 Å². The smallest absolute Gasteiger partial charge is 0.329 e. The van der Waals surface area contributed by atoms with Crippen molar-refractivity contribution in [2.24, 2.45) is 5.92 Å². The van der Waals surface area contributed by atoms with Gasteiger partial charge in [0.05, 0.1) is 6.61 Å². The summed E-state index contributed by atoms with van der Waals surface area (Å²) in [6.45, 7) is 3.69. The van der Waals surface area contributed by atoms with E-state index >= 15 is 0 Å². The Kier molecular flexibility index (Phi) is 5.79. The second-order valence-corrected chi connectivity index (χ2v) is 5.18. The number of amides is 2. The van der Waals surface area contributed by atoms with Crippen LogP contribution in [0, 0.1) is 5.92 Å². The van der Waals surface area contributed by atoms with E-state index in [2.05, 4.69) is 22.3 Å². The van der Waals surface area contributed by atoms with Crippen molar-refractivity contribution in [3.63, 3.8) is 0 Å². The van der Waals surface area contributed by atoms with Crippen LogP contribution in [0.3, 0.4) is 0 Å². The predicted octanol–water partition coefficient (Wildman–Crippen LogP) is 0.882. The number of ether oxygens (including phenoxy) is 1. The van der Waals surface area contributed by atoms with Crippen molar-refractivity contribution >= 4 is 18.0 Å². The van der Waals surface area contributed by atoms with E-state index in [1.54, 1.807) is 6.92 Å². The molecule has 1 aliphatic rings. The van der Waals surface area contributed by atoms with Crippen LogP contribution in [0.15, 0.2) is 0 Å². The highest BCUT2D eigenvalue weighted by molar-refractivity contribution is 5.87. The molecule has 114 valence electrons. The van der Waals surface area contributed by atoms with Gasteiger partial charge < -0.3 is 20.5 Å². The second kappa shape index (κ2) is 7.12. The molecule has 0 atom stereocenters. The molecule has 0 unspecified atom stereocenters. The molecule has 0 aromatic rings. The maximum absolute atomic E-state index is 11.7. The lowest BCUT2D eigenvalue weighted by atomic mass is 9.77. The minimum absolute atomic E-state index is 0.235. The summed E-state index contributed by atoms with van der Waals surface area (Å²) < 4.78 is 4.67. The Morgan fingerprint density at radius 2 is 1.90 bits per heavy atom. The van der Waals surface area contributed by atoms with Gasteiger partial charge >= 0.3 is 18.0 Å². The summed E-state index contributed by atoms with van der Waals surface area (Å²) in [4.78, 5) is 34.3. The number of hydrogen-bond acceptors (Lipinski definition) is 4. The van der Waals surface area contributed by atoms with E-state index in [9.17, 15) is 19.5 Å². The molecule has 1 rings (SSSR count). The quantitative estimate of drug-likeness (QED) is 0.651. The van der Waals surface area contributed by atoms with Crippen molar-refractivity contribution in [3.8, 4) is 0 Å². The Morgan fingerprint density at radius 3 is 2.40 bits per heavy atom. The summed E-state index contributed by atoms with van der Waals surface area (Å²) in [7, 11) is 0. The molecule has 7 heteroatoms. The number of urea groups is 1. The summed E-state index contributed by atoms with van der Waals surface area (Å²) >= 11 is 0. The Morgan fingerprint density at radius 1 is 1.30 bits per heavy atom. The van der Waals surface area contributed by atoms with Gasteiger partial charge in [0.1, 0.15) is 12.1 Å². The molecule has 1 aliphatic carbocycles. The molecule has 1 fully saturated rings. The van der Waals surface area contributed by atoms with Crippen LogP contribution in [0.5, 0.6) is 0 Å². The fourth-order valence-corrected chi connectivity index (χ4v) is 2.27. The average molecular weight is 286 g/mol. The predicted molar refractivity (Wildman–Crippen MR) is 71.2 cm³/mol. The summed E-state index contributed by atoms with van der Waals surface area (Å²) in [5, 5.41) is 14.2. The van der Waals surface area contributed by atoms with E-state index in [0.717, 1.165) is 12.8 Å². The first-order chi connectivity index (χ1) is 9.39. The van der Waals surface area contributed by atoms with Crippen LogP contribution < -0.4 is 10.6 Å². The van der Waals surface area contributed by atoms with Crippen molar-refractivity contribution < 1.29 is 24.2 Å². The van der Waals surface area contributed by atoms with Gasteiger partial charge in [-0.1, -0.05) is 6.92 Å². The summed E-state index contributed by atoms with van der Waals surface area (Å²) in [5.74, 6) is -1.12. The van der Waals surface area contributed by atoms with Gasteiger partial charge in [-0.25, -0.2) is 9.59 Å². The molecule has 0 saturated heterocycles. The largest absolute Gasteiger partial charge is 0.480 e. The Bertz CT molecular complexity index is 375. The molecule has 0 aromatic carbocycles. The number of aliphatic carboxylic acids is 1. The number of carbonyl (C=O) groups is 3. The molecule has 1 saturated carbocycles. The van der Waals surface area contributed by atoms with Gasteiger partial charge in [-0.15, -0.1) is 0 Å². The highest BCUT2D eigenvalue weighted by Gasteiger charge is 2.42. The van der Waals surface area contributed by atoms with Crippen LogP contribution in [0.4, 0.5) is 4.79 Å². The normalized spacial score (nSPS) is 25.6. The van der Waals surface area contributed by atoms with Crippen LogP contribution in [0.2, 0.25) is 0 Å². The lowest BCUT2D eigenvalue weighted by Crippen LogP contribution is -2.59. The average Bonchev–Trinajstić information content (AvgIpc) is 2.39. The van der Waals surface area contributed by atoms with E-state index in [-0.39, 0.29) is 13.2 Å². The lowest BCUT2D eigenvalue weighted by molar-refractivity contribution is -0.146. The molecule has 0 spiro atoms. The summed E-state index contributed by atoms with van der Waals surface area (Å²) in [6.07, 6.45) is 2.31. The highest BCUT2D eigenvalue weighted by Crippen LogP contribution is 2.32. The van der Waals surface area contributed by atoms with E-state index in [1.165, 1.54) is 0 Å². The van der Waals surface area contributed by atoms with Crippen molar-refractivity contribution in [1.82, 2.24) is 10.6 Å². The van der Waals surface area contributed by atoms with Crippen LogP contribution in [0.1, 0.15) is 39.5 Å². The minimum Gasteiger partial charge on any atom is -0.480 e. The number of hydrogen-bond donors (Lipinski definition) is 3. The first-order valence-electron chi connectivity index (χ1n) is 6.84. The van der Waals surface area contributed by atoms with Crippen molar-refractivity contribution in [3.05, 3.63) is 0 Å². The zero-order valence-electron chi connectivity index (χ0n) is 11.9. The molecule has 2 amide bonds. The van der Waals surface area contributed by atoms with Gasteiger partial charge in [-0.3, -0.25) is 4.79 Å². The number of rotatable bonds is 5. The molecule has 3 N–H and O–H groups in total. The molecular weight excluding hydrogens is 264 g/mol. The zero-order chi connectivity index (χ0) is 15.2. The second-order valence-electron chi connectivity index (χ2n) is 5.18. The number of carboxylic acids is 1. The molecule has 0 radical (unpaired) electrons. The van der Waals surface area contributed by atoms with E-state index < -0.39 is 23.5 Å². The summed E-state index contributed by atoms with van der Waals surface area (Å²) in [6, 6.07) is -0.657. The van der Waals surface area contributed by atoms with Crippen molar-refractivity contribution in [2.45, 2.75) is 45.1 Å². The minimum atomic E-state index is -1.23. The molecule has 0 heterocycles. The number of esters is 1. The third-order valence-electron chi connectivity index (χ3n) is 3.59. The standard InChI is InChI=1S/C13H22N2O5/c1-3-20-10(16)8-14-12(19)15-13(11(17)18)6-4-9(2)5-7-13/h9H,3-8H2,1-2H3,(H,17,18)(H2,14,15,19). The van der Waals surface area contributed by atoms with E-state index in [4.69, 9.17) is 0 Å². The van der Waals surface area contributed by atoms with Crippen LogP contribution >= 0.6 is 0 Å². The van der Waals surface area contributed by atoms with Crippen LogP contribution in [0.25, 0.3) is 0 Å². The Balaban J connectivity index is 2.52. The monoisotopic (exact) mass is 286 g/mol. The molecule has 0 bridgehead atoms. The lowest BCUT2D eigenvalue weighted by Gasteiger charge is -2.36. The van der Waals surface area contributed by atoms with Gasteiger partial charge in [0.15, 0.2) is 0 Å². The van der Waals surface area contributed by atoms with Gasteiger partial charge in [0.2, 0.25) is 0 Å². The van der Waals surface area contributed by atoms with Gasteiger partial charge in [-0.05, 0) is 38.5 Å². The first kappa shape index (κ1) is 16.3. The topological polar surface area (TPSA) is 105 Å². The Labute approximate surface area is 118 Å². The van der Waals surface area contributed by atoms with E-state index in [0.29, 0.717) is 18.8 Å². The van der Waals surface area contributed by atoms with Gasteiger partial charge in [-0.2, -0.15) is 0 Å². The maximum Gasteiger partial charge on any atom is 0.329 e. The SMILES string of the molecule is CCOC(=O)CNC(=O)NC1(C(=O)O)CCC(C)CC1. The third-order valence-corrected chi connectivity index (χ3v) is 3.59.